The van der Waals surface area contributed by atoms with E-state index in [4.69, 9.17) is 0 Å². The summed E-state index contributed by atoms with van der Waals surface area (Å²) < 4.78 is 0. The molecule has 2 amide bonds. The molecular weight excluding hydrogens is 262 g/mol. The molecule has 3 aliphatic rings. The fourth-order valence-electron chi connectivity index (χ4n) is 4.37. The molecule has 2 bridgehead atoms. The fourth-order valence-corrected chi connectivity index (χ4v) is 4.37. The number of amides is 2. The first-order valence-corrected chi connectivity index (χ1v) is 8.52. The maximum atomic E-state index is 12.6. The summed E-state index contributed by atoms with van der Waals surface area (Å²) in [7, 11) is 2.26. The van der Waals surface area contributed by atoms with E-state index in [2.05, 4.69) is 45.0 Å². The van der Waals surface area contributed by atoms with Gasteiger partial charge < -0.3 is 15.1 Å². The van der Waals surface area contributed by atoms with Gasteiger partial charge in [-0.2, -0.15) is 0 Å². The van der Waals surface area contributed by atoms with Gasteiger partial charge in [0.15, 0.2) is 0 Å². The van der Waals surface area contributed by atoms with Gasteiger partial charge in [0.25, 0.3) is 0 Å². The minimum atomic E-state index is -0.0432. The first-order chi connectivity index (χ1) is 9.72. The molecule has 2 unspecified atom stereocenters. The average molecular weight is 293 g/mol. The summed E-state index contributed by atoms with van der Waals surface area (Å²) in [4.78, 5) is 17.2. The van der Waals surface area contributed by atoms with Crippen molar-refractivity contribution in [3.63, 3.8) is 0 Å². The van der Waals surface area contributed by atoms with E-state index in [0.717, 1.165) is 19.4 Å². The molecule has 4 heteroatoms. The van der Waals surface area contributed by atoms with Gasteiger partial charge in [-0.25, -0.2) is 4.79 Å². The number of likely N-dealkylation sites (tertiary alicyclic amines) is 1. The lowest BCUT2D eigenvalue weighted by Gasteiger charge is -2.61. The van der Waals surface area contributed by atoms with Crippen molar-refractivity contribution in [1.82, 2.24) is 15.1 Å². The van der Waals surface area contributed by atoms with Crippen molar-refractivity contribution in [2.24, 2.45) is 5.41 Å². The van der Waals surface area contributed by atoms with Crippen molar-refractivity contribution < 1.29 is 4.79 Å². The molecule has 0 aromatic rings. The Balaban J connectivity index is 1.59. The van der Waals surface area contributed by atoms with Gasteiger partial charge in [-0.3, -0.25) is 0 Å². The molecule has 3 heterocycles. The average Bonchev–Trinajstić information content (AvgIpc) is 2.37. The lowest BCUT2D eigenvalue weighted by Crippen LogP contribution is -2.73. The first-order valence-electron chi connectivity index (χ1n) is 8.52. The van der Waals surface area contributed by atoms with Crippen LogP contribution in [0, 0.1) is 5.41 Å². The standard InChI is InChI=1S/C17H31N3O/c1-16(2)11-20(17(16,3)4)15(21)18-12-9-13-7-6-8-14(10-12)19(13)5/h12-14H,6-11H2,1-5H3,(H,18,21). The Kier molecular flexibility index (Phi) is 3.51. The summed E-state index contributed by atoms with van der Waals surface area (Å²) in [5.41, 5.74) is 0.173. The van der Waals surface area contributed by atoms with Crippen LogP contribution >= 0.6 is 0 Å². The number of nitrogens with zero attached hydrogens (tertiary/aromatic N) is 2. The predicted octanol–water partition coefficient (Wildman–Crippen LogP) is 2.83. The van der Waals surface area contributed by atoms with E-state index < -0.39 is 0 Å². The second kappa shape index (κ2) is 4.87. The van der Waals surface area contributed by atoms with E-state index in [1.54, 1.807) is 0 Å². The number of piperidine rings is 2. The monoisotopic (exact) mass is 293 g/mol. The smallest absolute Gasteiger partial charge is 0.318 e. The Bertz CT molecular complexity index is 418. The van der Waals surface area contributed by atoms with Gasteiger partial charge in [-0.05, 0) is 46.6 Å². The van der Waals surface area contributed by atoms with Gasteiger partial charge in [-0.15, -0.1) is 0 Å². The number of urea groups is 1. The Labute approximate surface area is 129 Å². The topological polar surface area (TPSA) is 35.6 Å². The SMILES string of the molecule is CN1C2CCCC1CC(NC(=O)N1CC(C)(C)C1(C)C)C2. The zero-order valence-corrected chi connectivity index (χ0v) is 14.3. The minimum absolute atomic E-state index is 0.0432. The van der Waals surface area contributed by atoms with Crippen molar-refractivity contribution in [1.29, 1.82) is 0 Å². The van der Waals surface area contributed by atoms with E-state index in [1.165, 1.54) is 19.3 Å². The third kappa shape index (κ3) is 2.36. The minimum Gasteiger partial charge on any atom is -0.335 e. The molecule has 0 spiro atoms. The molecular formula is C17H31N3O. The normalized spacial score (nSPS) is 37.8. The van der Waals surface area contributed by atoms with Crippen LogP contribution in [0.4, 0.5) is 4.79 Å². The quantitative estimate of drug-likeness (QED) is 0.807. The third-order valence-electron chi connectivity index (χ3n) is 6.80. The van der Waals surface area contributed by atoms with Gasteiger partial charge in [0, 0.05) is 35.6 Å². The van der Waals surface area contributed by atoms with E-state index in [1.807, 2.05) is 4.90 Å². The molecule has 3 saturated heterocycles. The van der Waals surface area contributed by atoms with Crippen LogP contribution in [-0.4, -0.2) is 53.1 Å². The summed E-state index contributed by atoms with van der Waals surface area (Å²) >= 11 is 0. The van der Waals surface area contributed by atoms with Crippen LogP contribution in [0.25, 0.3) is 0 Å². The molecule has 4 nitrogen and oxygen atoms in total. The van der Waals surface area contributed by atoms with E-state index in [9.17, 15) is 4.79 Å². The number of hydrogen-bond donors (Lipinski definition) is 1. The van der Waals surface area contributed by atoms with Crippen molar-refractivity contribution in [2.45, 2.75) is 83.5 Å². The Morgan fingerprint density at radius 1 is 1.10 bits per heavy atom. The zero-order chi connectivity index (χ0) is 15.4. The molecule has 3 aliphatic heterocycles. The second-order valence-corrected chi connectivity index (χ2v) is 8.55. The van der Waals surface area contributed by atoms with Crippen LogP contribution in [0.3, 0.4) is 0 Å². The molecule has 3 fully saturated rings. The number of fused-ring (bicyclic) bond motifs is 2. The number of nitrogens with one attached hydrogen (secondary N) is 1. The molecule has 3 rings (SSSR count). The highest BCUT2D eigenvalue weighted by molar-refractivity contribution is 5.77. The zero-order valence-electron chi connectivity index (χ0n) is 14.3. The first kappa shape index (κ1) is 15.1. The van der Waals surface area contributed by atoms with Crippen LogP contribution in [0.2, 0.25) is 0 Å². The molecule has 120 valence electrons. The summed E-state index contributed by atoms with van der Waals surface area (Å²) in [6.07, 6.45) is 6.18. The fraction of sp³-hybridized carbons (Fsp3) is 0.941. The molecule has 2 atom stereocenters. The number of carbonyl (C=O) groups is 1. The molecule has 0 saturated carbocycles. The summed E-state index contributed by atoms with van der Waals surface area (Å²) in [6.45, 7) is 9.72. The summed E-state index contributed by atoms with van der Waals surface area (Å²) in [5.74, 6) is 0. The molecule has 0 radical (unpaired) electrons. The van der Waals surface area contributed by atoms with Gasteiger partial charge in [0.1, 0.15) is 0 Å². The van der Waals surface area contributed by atoms with Gasteiger partial charge in [0.2, 0.25) is 0 Å². The Morgan fingerprint density at radius 2 is 1.67 bits per heavy atom. The Hall–Kier alpha value is -0.770. The van der Waals surface area contributed by atoms with Gasteiger partial charge >= 0.3 is 6.03 Å². The van der Waals surface area contributed by atoms with Crippen LogP contribution in [0.15, 0.2) is 0 Å². The molecule has 0 aliphatic carbocycles. The van der Waals surface area contributed by atoms with Crippen molar-refractivity contribution >= 4 is 6.03 Å². The van der Waals surface area contributed by atoms with E-state index in [0.29, 0.717) is 18.1 Å². The van der Waals surface area contributed by atoms with Crippen LogP contribution < -0.4 is 5.32 Å². The molecule has 0 aromatic heterocycles. The number of carbonyl (C=O) groups excluding carboxylic acids is 1. The third-order valence-corrected chi connectivity index (χ3v) is 6.80. The summed E-state index contributed by atoms with van der Waals surface area (Å²) in [6, 6.07) is 1.85. The largest absolute Gasteiger partial charge is 0.335 e. The van der Waals surface area contributed by atoms with E-state index >= 15 is 0 Å². The van der Waals surface area contributed by atoms with Crippen molar-refractivity contribution in [3.05, 3.63) is 0 Å². The van der Waals surface area contributed by atoms with Gasteiger partial charge in [0.05, 0.1) is 0 Å². The molecule has 1 N–H and O–H groups in total. The van der Waals surface area contributed by atoms with Crippen LogP contribution in [0.1, 0.15) is 59.8 Å². The van der Waals surface area contributed by atoms with Gasteiger partial charge in [-0.1, -0.05) is 20.3 Å². The number of rotatable bonds is 1. The maximum absolute atomic E-state index is 12.6. The second-order valence-electron chi connectivity index (χ2n) is 8.55. The predicted molar refractivity (Wildman–Crippen MR) is 85.3 cm³/mol. The molecule has 21 heavy (non-hydrogen) atoms. The van der Waals surface area contributed by atoms with Crippen molar-refractivity contribution in [3.8, 4) is 0 Å². The van der Waals surface area contributed by atoms with E-state index in [-0.39, 0.29) is 17.0 Å². The highest BCUT2D eigenvalue weighted by atomic mass is 16.2. The maximum Gasteiger partial charge on any atom is 0.318 e. The lowest BCUT2D eigenvalue weighted by atomic mass is 9.65. The highest BCUT2D eigenvalue weighted by Crippen LogP contribution is 2.46. The van der Waals surface area contributed by atoms with Crippen LogP contribution in [0.5, 0.6) is 0 Å². The lowest BCUT2D eigenvalue weighted by molar-refractivity contribution is -0.0822. The Morgan fingerprint density at radius 3 is 2.14 bits per heavy atom. The van der Waals surface area contributed by atoms with Crippen LogP contribution in [-0.2, 0) is 0 Å². The molecule has 0 aromatic carbocycles. The number of hydrogen-bond acceptors (Lipinski definition) is 2. The van der Waals surface area contributed by atoms with Crippen molar-refractivity contribution in [2.75, 3.05) is 13.6 Å². The summed E-state index contributed by atoms with van der Waals surface area (Å²) in [5, 5.41) is 3.32. The highest BCUT2D eigenvalue weighted by Gasteiger charge is 2.55.